The lowest BCUT2D eigenvalue weighted by Gasteiger charge is -2.17. The first-order chi connectivity index (χ1) is 9.90. The molecule has 0 amide bonds. The van der Waals surface area contributed by atoms with E-state index in [0.717, 1.165) is 11.1 Å². The molecule has 21 heavy (non-hydrogen) atoms. The Morgan fingerprint density at radius 3 is 2.81 bits per heavy atom. The van der Waals surface area contributed by atoms with Crippen LogP contribution in [0.4, 0.5) is 0 Å². The van der Waals surface area contributed by atoms with Crippen LogP contribution >= 0.6 is 15.9 Å². The minimum Gasteiger partial charge on any atom is -0.391 e. The number of benzene rings is 1. The molecule has 1 aromatic carbocycles. The summed E-state index contributed by atoms with van der Waals surface area (Å²) in [6, 6.07) is 6.71. The van der Waals surface area contributed by atoms with Crippen LogP contribution in [0, 0.1) is 0 Å². The summed E-state index contributed by atoms with van der Waals surface area (Å²) in [5.41, 5.74) is 1.74. The Morgan fingerprint density at radius 2 is 2.14 bits per heavy atom. The molecule has 112 valence electrons. The molecule has 1 heterocycles. The van der Waals surface area contributed by atoms with E-state index in [4.69, 9.17) is 0 Å². The molecule has 1 aliphatic carbocycles. The van der Waals surface area contributed by atoms with Crippen molar-refractivity contribution >= 4 is 26.0 Å². The average Bonchev–Trinajstić information content (AvgIpc) is 2.91. The second-order valence-electron chi connectivity index (χ2n) is 4.88. The Balaban J connectivity index is 1.97. The number of rotatable bonds is 3. The predicted octanol–water partition coefficient (Wildman–Crippen LogP) is 0.514. The van der Waals surface area contributed by atoms with Gasteiger partial charge in [0, 0.05) is 13.5 Å². The molecule has 0 saturated carbocycles. The minimum absolute atomic E-state index is 0.0703. The maximum Gasteiger partial charge on any atom is 0.261 e. The standard InChI is InChI=1S/C12H13BrN4O3S/c1-17-12(11(13)14-16-17)21(19,20)15-10-8-5-3-2-4-7(8)6-9(10)18/h2-5,9-10,15,18H,6H2,1H3/t9-,10+/m0/s1. The molecule has 0 bridgehead atoms. The molecule has 9 heteroatoms. The molecule has 2 atom stereocenters. The van der Waals surface area contributed by atoms with Crippen molar-refractivity contribution < 1.29 is 13.5 Å². The second kappa shape index (κ2) is 5.16. The fourth-order valence-corrected chi connectivity index (χ4v) is 4.89. The number of aliphatic hydroxyl groups excluding tert-OH is 1. The Labute approximate surface area is 130 Å². The molecule has 0 fully saturated rings. The Kier molecular flexibility index (Phi) is 3.60. The SMILES string of the molecule is Cn1nnc(Br)c1S(=O)(=O)N[C@@H]1c2ccccc2C[C@@H]1O. The Bertz CT molecular complexity index is 770. The van der Waals surface area contributed by atoms with Gasteiger partial charge in [-0.3, -0.25) is 0 Å². The summed E-state index contributed by atoms with van der Waals surface area (Å²) in [5, 5.41) is 17.4. The predicted molar refractivity (Wildman–Crippen MR) is 77.9 cm³/mol. The van der Waals surface area contributed by atoms with E-state index in [2.05, 4.69) is 31.0 Å². The first-order valence-corrected chi connectivity index (χ1v) is 8.51. The van der Waals surface area contributed by atoms with Gasteiger partial charge in [0.15, 0.2) is 4.60 Å². The van der Waals surface area contributed by atoms with Gasteiger partial charge in [0.05, 0.1) is 12.1 Å². The quantitative estimate of drug-likeness (QED) is 0.818. The minimum atomic E-state index is -3.86. The van der Waals surface area contributed by atoms with Gasteiger partial charge in [-0.2, -0.15) is 4.72 Å². The molecule has 3 rings (SSSR count). The molecular weight excluding hydrogens is 360 g/mol. The van der Waals surface area contributed by atoms with E-state index in [-0.39, 0.29) is 9.63 Å². The first-order valence-electron chi connectivity index (χ1n) is 6.23. The van der Waals surface area contributed by atoms with E-state index >= 15 is 0 Å². The van der Waals surface area contributed by atoms with Crippen molar-refractivity contribution in [2.45, 2.75) is 23.6 Å². The monoisotopic (exact) mass is 372 g/mol. The number of nitrogens with zero attached hydrogens (tertiary/aromatic N) is 3. The van der Waals surface area contributed by atoms with Crippen LogP contribution in [0.3, 0.4) is 0 Å². The van der Waals surface area contributed by atoms with Crippen LogP contribution in [-0.4, -0.2) is 34.6 Å². The fourth-order valence-electron chi connectivity index (χ4n) is 2.55. The molecule has 0 unspecified atom stereocenters. The van der Waals surface area contributed by atoms with E-state index in [1.165, 1.54) is 11.7 Å². The number of nitrogens with one attached hydrogen (secondary N) is 1. The van der Waals surface area contributed by atoms with Crippen LogP contribution in [0.1, 0.15) is 17.2 Å². The summed E-state index contributed by atoms with van der Waals surface area (Å²) in [7, 11) is -2.36. The molecular formula is C12H13BrN4O3S. The fraction of sp³-hybridized carbons (Fsp3) is 0.333. The lowest BCUT2D eigenvalue weighted by molar-refractivity contribution is 0.151. The molecule has 0 spiro atoms. The third kappa shape index (κ3) is 2.50. The third-order valence-corrected chi connectivity index (χ3v) is 5.81. The summed E-state index contributed by atoms with van der Waals surface area (Å²) in [6.07, 6.45) is -0.370. The zero-order valence-corrected chi connectivity index (χ0v) is 13.5. The van der Waals surface area contributed by atoms with Gasteiger partial charge in [-0.15, -0.1) is 5.10 Å². The topological polar surface area (TPSA) is 97.1 Å². The smallest absolute Gasteiger partial charge is 0.261 e. The molecule has 7 nitrogen and oxygen atoms in total. The lowest BCUT2D eigenvalue weighted by Crippen LogP contribution is -2.35. The number of sulfonamides is 1. The number of aliphatic hydroxyl groups is 1. The molecule has 2 N–H and O–H groups in total. The highest BCUT2D eigenvalue weighted by atomic mass is 79.9. The second-order valence-corrected chi connectivity index (χ2v) is 7.26. The summed E-state index contributed by atoms with van der Waals surface area (Å²) in [4.78, 5) is 0. The van der Waals surface area contributed by atoms with Gasteiger partial charge in [-0.1, -0.05) is 29.5 Å². The molecule has 1 aromatic heterocycles. The van der Waals surface area contributed by atoms with E-state index in [1.54, 1.807) is 0 Å². The highest BCUT2D eigenvalue weighted by molar-refractivity contribution is 9.10. The van der Waals surface area contributed by atoms with E-state index in [9.17, 15) is 13.5 Å². The van der Waals surface area contributed by atoms with Gasteiger partial charge in [0.2, 0.25) is 5.03 Å². The number of hydrogen-bond acceptors (Lipinski definition) is 5. The lowest BCUT2D eigenvalue weighted by atomic mass is 10.1. The number of aryl methyl sites for hydroxylation is 1. The Morgan fingerprint density at radius 1 is 1.43 bits per heavy atom. The molecule has 0 radical (unpaired) electrons. The van der Waals surface area contributed by atoms with Crippen molar-refractivity contribution in [3.05, 3.63) is 40.0 Å². The number of fused-ring (bicyclic) bond motifs is 1. The van der Waals surface area contributed by atoms with Crippen LogP contribution < -0.4 is 4.72 Å². The number of halogens is 1. The normalized spacial score (nSPS) is 21.5. The van der Waals surface area contributed by atoms with E-state index in [0.29, 0.717) is 6.42 Å². The Hall–Kier alpha value is -1.29. The molecule has 1 aliphatic rings. The summed E-state index contributed by atoms with van der Waals surface area (Å²) in [6.45, 7) is 0. The largest absolute Gasteiger partial charge is 0.391 e. The maximum absolute atomic E-state index is 12.5. The molecule has 0 saturated heterocycles. The van der Waals surface area contributed by atoms with Crippen molar-refractivity contribution in [3.63, 3.8) is 0 Å². The van der Waals surface area contributed by atoms with Crippen molar-refractivity contribution in [2.75, 3.05) is 0 Å². The van der Waals surface area contributed by atoms with Gasteiger partial charge in [0.25, 0.3) is 10.0 Å². The third-order valence-electron chi connectivity index (χ3n) is 3.48. The zero-order valence-electron chi connectivity index (χ0n) is 11.1. The van der Waals surface area contributed by atoms with Crippen LogP contribution in [0.5, 0.6) is 0 Å². The number of hydrogen-bond donors (Lipinski definition) is 2. The first kappa shape index (κ1) is 14.6. The summed E-state index contributed by atoms with van der Waals surface area (Å²) >= 11 is 3.07. The average molecular weight is 373 g/mol. The summed E-state index contributed by atoms with van der Waals surface area (Å²) in [5.74, 6) is 0. The number of aromatic nitrogens is 3. The van der Waals surface area contributed by atoms with Crippen molar-refractivity contribution in [1.82, 2.24) is 19.7 Å². The van der Waals surface area contributed by atoms with Gasteiger partial charge in [0.1, 0.15) is 0 Å². The van der Waals surface area contributed by atoms with Gasteiger partial charge >= 0.3 is 0 Å². The zero-order chi connectivity index (χ0) is 15.2. The van der Waals surface area contributed by atoms with Crippen LogP contribution in [0.2, 0.25) is 0 Å². The van der Waals surface area contributed by atoms with E-state index < -0.39 is 22.2 Å². The van der Waals surface area contributed by atoms with Crippen molar-refractivity contribution in [3.8, 4) is 0 Å². The maximum atomic E-state index is 12.5. The van der Waals surface area contributed by atoms with Gasteiger partial charge in [-0.25, -0.2) is 13.1 Å². The summed E-state index contributed by atoms with van der Waals surface area (Å²) < 4.78 is 28.8. The molecule has 0 aliphatic heterocycles. The van der Waals surface area contributed by atoms with Gasteiger partial charge < -0.3 is 5.11 Å². The van der Waals surface area contributed by atoms with Gasteiger partial charge in [-0.05, 0) is 27.1 Å². The van der Waals surface area contributed by atoms with Crippen molar-refractivity contribution in [2.24, 2.45) is 7.05 Å². The molecule has 2 aromatic rings. The van der Waals surface area contributed by atoms with Crippen LogP contribution in [-0.2, 0) is 23.5 Å². The van der Waals surface area contributed by atoms with E-state index in [1.807, 2.05) is 24.3 Å². The van der Waals surface area contributed by atoms with Crippen LogP contribution in [0.25, 0.3) is 0 Å². The van der Waals surface area contributed by atoms with Crippen molar-refractivity contribution in [1.29, 1.82) is 0 Å². The highest BCUT2D eigenvalue weighted by Crippen LogP contribution is 2.33. The highest BCUT2D eigenvalue weighted by Gasteiger charge is 2.36. The van der Waals surface area contributed by atoms with Crippen LogP contribution in [0.15, 0.2) is 33.9 Å².